The topological polar surface area (TPSA) is 24.9 Å². The van der Waals surface area contributed by atoms with Crippen LogP contribution in [0.2, 0.25) is 0 Å². The number of rotatable bonds is 5. The van der Waals surface area contributed by atoms with E-state index in [1.807, 2.05) is 12.3 Å². The number of nitrogens with zero attached hydrogens (tertiary/aromatic N) is 1. The van der Waals surface area contributed by atoms with Crippen LogP contribution in [0.4, 0.5) is 0 Å². The van der Waals surface area contributed by atoms with Gasteiger partial charge >= 0.3 is 0 Å². The van der Waals surface area contributed by atoms with Crippen LogP contribution in [0.1, 0.15) is 30.5 Å². The van der Waals surface area contributed by atoms with Crippen molar-refractivity contribution in [2.24, 2.45) is 0 Å². The Bertz CT molecular complexity index is 707. The van der Waals surface area contributed by atoms with Crippen molar-refractivity contribution in [3.8, 4) is 0 Å². The molecule has 0 aliphatic heterocycles. The summed E-state index contributed by atoms with van der Waals surface area (Å²) in [4.78, 5) is 4.47. The van der Waals surface area contributed by atoms with Crippen molar-refractivity contribution in [3.63, 3.8) is 0 Å². The van der Waals surface area contributed by atoms with Gasteiger partial charge in [-0.05, 0) is 36.2 Å². The van der Waals surface area contributed by atoms with Crippen LogP contribution in [-0.2, 0) is 0 Å². The molecular weight excluding hydrogens is 256 g/mol. The van der Waals surface area contributed by atoms with E-state index in [0.29, 0.717) is 0 Å². The second-order valence-electron chi connectivity index (χ2n) is 5.25. The van der Waals surface area contributed by atoms with E-state index in [1.165, 1.54) is 16.5 Å². The number of aromatic nitrogens is 1. The van der Waals surface area contributed by atoms with Crippen molar-refractivity contribution in [3.05, 3.63) is 78.0 Å². The lowest BCUT2D eigenvalue weighted by Crippen LogP contribution is -2.23. The zero-order valence-corrected chi connectivity index (χ0v) is 12.3. The van der Waals surface area contributed by atoms with Gasteiger partial charge in [-0.3, -0.25) is 4.98 Å². The predicted octanol–water partition coefficient (Wildman–Crippen LogP) is 4.32. The van der Waals surface area contributed by atoms with Crippen LogP contribution >= 0.6 is 0 Å². The van der Waals surface area contributed by atoms with Gasteiger partial charge < -0.3 is 5.32 Å². The highest BCUT2D eigenvalue weighted by molar-refractivity contribution is 5.79. The standard InChI is InChI=1S/C19H20N2/c1-2-12-21-19(16-7-4-3-5-8-16)17-11-10-15-9-6-13-20-18(15)14-17/h3-11,13-14,19,21H,2,12H2,1H3. The fraction of sp³-hybridized carbons (Fsp3) is 0.211. The normalized spacial score (nSPS) is 12.4. The van der Waals surface area contributed by atoms with Crippen molar-refractivity contribution in [1.29, 1.82) is 0 Å². The maximum absolute atomic E-state index is 4.47. The minimum absolute atomic E-state index is 0.220. The summed E-state index contributed by atoms with van der Waals surface area (Å²) in [5.74, 6) is 0. The van der Waals surface area contributed by atoms with Gasteiger partial charge in [0.25, 0.3) is 0 Å². The minimum Gasteiger partial charge on any atom is -0.306 e. The van der Waals surface area contributed by atoms with Gasteiger partial charge in [-0.1, -0.05) is 55.5 Å². The van der Waals surface area contributed by atoms with E-state index in [0.717, 1.165) is 18.5 Å². The quantitative estimate of drug-likeness (QED) is 0.750. The summed E-state index contributed by atoms with van der Waals surface area (Å²) in [6, 6.07) is 21.4. The van der Waals surface area contributed by atoms with Crippen molar-refractivity contribution in [2.45, 2.75) is 19.4 Å². The summed E-state index contributed by atoms with van der Waals surface area (Å²) in [5.41, 5.74) is 3.61. The summed E-state index contributed by atoms with van der Waals surface area (Å²) in [7, 11) is 0. The number of hydrogen-bond acceptors (Lipinski definition) is 2. The molecule has 3 rings (SSSR count). The fourth-order valence-corrected chi connectivity index (χ4v) is 2.63. The third-order valence-corrected chi connectivity index (χ3v) is 3.69. The first-order chi connectivity index (χ1) is 10.4. The first-order valence-corrected chi connectivity index (χ1v) is 7.51. The Kier molecular flexibility index (Phi) is 4.27. The lowest BCUT2D eigenvalue weighted by atomic mass is 9.97. The molecule has 0 spiro atoms. The van der Waals surface area contributed by atoms with Crippen LogP contribution in [0.25, 0.3) is 10.9 Å². The van der Waals surface area contributed by atoms with Gasteiger partial charge in [-0.2, -0.15) is 0 Å². The summed E-state index contributed by atoms with van der Waals surface area (Å²) in [5, 5.41) is 4.82. The lowest BCUT2D eigenvalue weighted by Gasteiger charge is -2.20. The van der Waals surface area contributed by atoms with E-state index in [4.69, 9.17) is 0 Å². The molecule has 21 heavy (non-hydrogen) atoms. The highest BCUT2D eigenvalue weighted by atomic mass is 14.9. The molecule has 3 aromatic rings. The number of pyridine rings is 1. The molecule has 0 saturated carbocycles. The molecule has 1 atom stereocenters. The molecule has 0 aliphatic carbocycles. The SMILES string of the molecule is CCCNC(c1ccccc1)c1ccc2cccnc2c1. The van der Waals surface area contributed by atoms with Gasteiger partial charge in [-0.15, -0.1) is 0 Å². The van der Waals surface area contributed by atoms with E-state index >= 15 is 0 Å². The second kappa shape index (κ2) is 6.51. The summed E-state index contributed by atoms with van der Waals surface area (Å²) in [6.45, 7) is 3.19. The Morgan fingerprint density at radius 3 is 2.62 bits per heavy atom. The Labute approximate surface area is 125 Å². The largest absolute Gasteiger partial charge is 0.306 e. The average Bonchev–Trinajstić information content (AvgIpc) is 2.56. The van der Waals surface area contributed by atoms with Gasteiger partial charge in [0.15, 0.2) is 0 Å². The van der Waals surface area contributed by atoms with E-state index < -0.39 is 0 Å². The molecule has 2 heteroatoms. The van der Waals surface area contributed by atoms with Crippen LogP contribution in [-0.4, -0.2) is 11.5 Å². The second-order valence-corrected chi connectivity index (χ2v) is 5.25. The maximum Gasteiger partial charge on any atom is 0.0705 e. The van der Waals surface area contributed by atoms with E-state index in [2.05, 4.69) is 71.8 Å². The summed E-state index contributed by atoms with van der Waals surface area (Å²) in [6.07, 6.45) is 2.97. The number of nitrogens with one attached hydrogen (secondary N) is 1. The van der Waals surface area contributed by atoms with Gasteiger partial charge in [0.2, 0.25) is 0 Å². The molecule has 106 valence electrons. The number of benzene rings is 2. The Morgan fingerprint density at radius 2 is 1.81 bits per heavy atom. The van der Waals surface area contributed by atoms with E-state index in [9.17, 15) is 0 Å². The molecule has 1 aromatic heterocycles. The molecule has 0 amide bonds. The zero-order chi connectivity index (χ0) is 14.5. The monoisotopic (exact) mass is 276 g/mol. The molecule has 0 aliphatic rings. The molecule has 2 aromatic carbocycles. The molecular formula is C19H20N2. The minimum atomic E-state index is 0.220. The molecule has 0 bridgehead atoms. The van der Waals surface area contributed by atoms with Crippen molar-refractivity contribution >= 4 is 10.9 Å². The summed E-state index contributed by atoms with van der Waals surface area (Å²) >= 11 is 0. The smallest absolute Gasteiger partial charge is 0.0705 e. The van der Waals surface area contributed by atoms with Gasteiger partial charge in [0.05, 0.1) is 11.6 Å². The van der Waals surface area contributed by atoms with E-state index in [-0.39, 0.29) is 6.04 Å². The third kappa shape index (κ3) is 3.11. The van der Waals surface area contributed by atoms with Crippen LogP contribution in [0.3, 0.4) is 0 Å². The Morgan fingerprint density at radius 1 is 0.952 bits per heavy atom. The first kappa shape index (κ1) is 13.8. The van der Waals surface area contributed by atoms with Gasteiger partial charge in [0.1, 0.15) is 0 Å². The van der Waals surface area contributed by atoms with Crippen molar-refractivity contribution in [1.82, 2.24) is 10.3 Å². The average molecular weight is 276 g/mol. The molecule has 0 radical (unpaired) electrons. The van der Waals surface area contributed by atoms with Crippen LogP contribution in [0.5, 0.6) is 0 Å². The van der Waals surface area contributed by atoms with Crippen LogP contribution < -0.4 is 5.32 Å². The third-order valence-electron chi connectivity index (χ3n) is 3.69. The molecule has 1 N–H and O–H groups in total. The molecule has 0 saturated heterocycles. The molecule has 0 fully saturated rings. The van der Waals surface area contributed by atoms with Crippen molar-refractivity contribution < 1.29 is 0 Å². The highest BCUT2D eigenvalue weighted by Gasteiger charge is 2.13. The zero-order valence-electron chi connectivity index (χ0n) is 12.3. The van der Waals surface area contributed by atoms with Gasteiger partial charge in [0, 0.05) is 11.6 Å². The van der Waals surface area contributed by atoms with Crippen molar-refractivity contribution in [2.75, 3.05) is 6.54 Å². The fourth-order valence-electron chi connectivity index (χ4n) is 2.63. The molecule has 1 unspecified atom stereocenters. The number of fused-ring (bicyclic) bond motifs is 1. The Hall–Kier alpha value is -2.19. The number of hydrogen-bond donors (Lipinski definition) is 1. The Balaban J connectivity index is 2.01. The predicted molar refractivity (Wildman–Crippen MR) is 88.3 cm³/mol. The molecule has 2 nitrogen and oxygen atoms in total. The van der Waals surface area contributed by atoms with Gasteiger partial charge in [-0.25, -0.2) is 0 Å². The van der Waals surface area contributed by atoms with Crippen LogP contribution in [0.15, 0.2) is 66.9 Å². The maximum atomic E-state index is 4.47. The van der Waals surface area contributed by atoms with Crippen LogP contribution in [0, 0.1) is 0 Å². The molecule has 1 heterocycles. The first-order valence-electron chi connectivity index (χ1n) is 7.51. The lowest BCUT2D eigenvalue weighted by molar-refractivity contribution is 0.599. The van der Waals surface area contributed by atoms with E-state index in [1.54, 1.807) is 0 Å². The summed E-state index contributed by atoms with van der Waals surface area (Å²) < 4.78 is 0. The highest BCUT2D eigenvalue weighted by Crippen LogP contribution is 2.24.